The molecule has 0 spiro atoms. The van der Waals surface area contributed by atoms with Crippen LogP contribution in [0.5, 0.6) is 0 Å². The molecule has 1 aromatic heterocycles. The van der Waals surface area contributed by atoms with Crippen molar-refractivity contribution in [1.82, 2.24) is 14.9 Å². The highest BCUT2D eigenvalue weighted by Gasteiger charge is 2.20. The number of rotatable bonds is 7. The van der Waals surface area contributed by atoms with Gasteiger partial charge in [-0.1, -0.05) is 6.92 Å². The molecule has 0 saturated carbocycles. The van der Waals surface area contributed by atoms with E-state index in [1.807, 2.05) is 0 Å². The Morgan fingerprint density at radius 1 is 1.19 bits per heavy atom. The SMILES string of the molecule is CCCc1nc(NCC)c(C)c(NCC2CCN(C)C2)n1. The first-order valence-corrected chi connectivity index (χ1v) is 8.17. The normalized spacial score (nSPS) is 19.0. The number of likely N-dealkylation sites (tertiary alicyclic amines) is 1. The molecule has 5 heteroatoms. The van der Waals surface area contributed by atoms with Gasteiger partial charge in [0.25, 0.3) is 0 Å². The molecule has 1 aliphatic heterocycles. The molecule has 1 aromatic rings. The fourth-order valence-corrected chi connectivity index (χ4v) is 2.84. The van der Waals surface area contributed by atoms with E-state index >= 15 is 0 Å². The van der Waals surface area contributed by atoms with Crippen molar-refractivity contribution in [3.05, 3.63) is 11.4 Å². The summed E-state index contributed by atoms with van der Waals surface area (Å²) in [5, 5.41) is 6.91. The summed E-state index contributed by atoms with van der Waals surface area (Å²) in [6.07, 6.45) is 3.27. The van der Waals surface area contributed by atoms with E-state index in [1.165, 1.54) is 19.5 Å². The lowest BCUT2D eigenvalue weighted by Crippen LogP contribution is -2.20. The van der Waals surface area contributed by atoms with Crippen LogP contribution in [0.1, 0.15) is 38.1 Å². The van der Waals surface area contributed by atoms with Crippen molar-refractivity contribution in [3.8, 4) is 0 Å². The molecule has 5 nitrogen and oxygen atoms in total. The Bertz CT molecular complexity index is 460. The van der Waals surface area contributed by atoms with Gasteiger partial charge in [0.2, 0.25) is 0 Å². The van der Waals surface area contributed by atoms with E-state index in [0.29, 0.717) is 0 Å². The van der Waals surface area contributed by atoms with Gasteiger partial charge in [-0.25, -0.2) is 9.97 Å². The van der Waals surface area contributed by atoms with E-state index in [1.54, 1.807) is 0 Å². The van der Waals surface area contributed by atoms with Gasteiger partial charge in [-0.05, 0) is 46.2 Å². The maximum Gasteiger partial charge on any atom is 0.134 e. The second kappa shape index (κ2) is 7.59. The summed E-state index contributed by atoms with van der Waals surface area (Å²) in [6.45, 7) is 10.6. The van der Waals surface area contributed by atoms with Crippen LogP contribution < -0.4 is 10.6 Å². The average molecular weight is 291 g/mol. The predicted octanol–water partition coefficient (Wildman–Crippen LogP) is 2.53. The molecular weight excluding hydrogens is 262 g/mol. The van der Waals surface area contributed by atoms with Crippen LogP contribution in [0.3, 0.4) is 0 Å². The molecule has 118 valence electrons. The highest BCUT2D eigenvalue weighted by Crippen LogP contribution is 2.22. The van der Waals surface area contributed by atoms with Gasteiger partial charge in [-0.2, -0.15) is 0 Å². The van der Waals surface area contributed by atoms with Gasteiger partial charge in [0.15, 0.2) is 0 Å². The van der Waals surface area contributed by atoms with Crippen LogP contribution in [0.2, 0.25) is 0 Å². The fraction of sp³-hybridized carbons (Fsp3) is 0.750. The Labute approximate surface area is 128 Å². The quantitative estimate of drug-likeness (QED) is 0.808. The molecule has 1 unspecified atom stereocenters. The van der Waals surface area contributed by atoms with Crippen molar-refractivity contribution in [2.45, 2.75) is 40.0 Å². The molecule has 0 radical (unpaired) electrons. The molecule has 2 rings (SSSR count). The van der Waals surface area contributed by atoms with Crippen LogP contribution in [0, 0.1) is 12.8 Å². The number of aryl methyl sites for hydroxylation is 1. The summed E-state index contributed by atoms with van der Waals surface area (Å²) >= 11 is 0. The summed E-state index contributed by atoms with van der Waals surface area (Å²) in [5.41, 5.74) is 1.13. The van der Waals surface area contributed by atoms with Crippen LogP contribution in [-0.2, 0) is 6.42 Å². The van der Waals surface area contributed by atoms with Gasteiger partial charge in [0, 0.05) is 31.6 Å². The predicted molar refractivity (Wildman–Crippen MR) is 89.0 cm³/mol. The number of hydrogen-bond donors (Lipinski definition) is 2. The lowest BCUT2D eigenvalue weighted by molar-refractivity contribution is 0.399. The molecule has 0 aliphatic carbocycles. The Balaban J connectivity index is 2.08. The minimum Gasteiger partial charge on any atom is -0.370 e. The Kier molecular flexibility index (Phi) is 5.79. The molecule has 1 atom stereocenters. The van der Waals surface area contributed by atoms with Crippen molar-refractivity contribution in [2.24, 2.45) is 5.92 Å². The fourth-order valence-electron chi connectivity index (χ4n) is 2.84. The molecule has 0 bridgehead atoms. The number of aromatic nitrogens is 2. The smallest absolute Gasteiger partial charge is 0.134 e. The van der Waals surface area contributed by atoms with E-state index in [-0.39, 0.29) is 0 Å². The van der Waals surface area contributed by atoms with Crippen molar-refractivity contribution in [3.63, 3.8) is 0 Å². The van der Waals surface area contributed by atoms with Gasteiger partial charge >= 0.3 is 0 Å². The van der Waals surface area contributed by atoms with Crippen molar-refractivity contribution in [1.29, 1.82) is 0 Å². The van der Waals surface area contributed by atoms with E-state index in [0.717, 1.165) is 54.9 Å². The number of hydrogen-bond acceptors (Lipinski definition) is 5. The molecule has 1 saturated heterocycles. The maximum atomic E-state index is 4.71. The van der Waals surface area contributed by atoms with Crippen LogP contribution in [0.25, 0.3) is 0 Å². The molecular formula is C16H29N5. The van der Waals surface area contributed by atoms with Crippen molar-refractivity contribution < 1.29 is 0 Å². The first-order chi connectivity index (χ1) is 10.1. The monoisotopic (exact) mass is 291 g/mol. The highest BCUT2D eigenvalue weighted by molar-refractivity contribution is 5.57. The molecule has 21 heavy (non-hydrogen) atoms. The lowest BCUT2D eigenvalue weighted by atomic mass is 10.1. The minimum absolute atomic E-state index is 0.724. The Morgan fingerprint density at radius 2 is 1.90 bits per heavy atom. The molecule has 0 amide bonds. The second-order valence-electron chi connectivity index (χ2n) is 6.04. The van der Waals surface area contributed by atoms with Crippen molar-refractivity contribution >= 4 is 11.6 Å². The lowest BCUT2D eigenvalue weighted by Gasteiger charge is -2.17. The number of nitrogens with zero attached hydrogens (tertiary/aromatic N) is 3. The largest absolute Gasteiger partial charge is 0.370 e. The van der Waals surface area contributed by atoms with Crippen LogP contribution in [-0.4, -0.2) is 48.1 Å². The summed E-state index contributed by atoms with van der Waals surface area (Å²) in [5.74, 6) is 3.63. The Hall–Kier alpha value is -1.36. The molecule has 1 fully saturated rings. The minimum atomic E-state index is 0.724. The van der Waals surface area contributed by atoms with E-state index in [9.17, 15) is 0 Å². The standard InChI is InChI=1S/C16H29N5/c1-5-7-14-19-15(17-6-2)12(3)16(20-14)18-10-13-8-9-21(4)11-13/h13H,5-11H2,1-4H3,(H2,17,18,19,20). The third kappa shape index (κ3) is 4.30. The van der Waals surface area contributed by atoms with E-state index < -0.39 is 0 Å². The first kappa shape index (κ1) is 16.0. The average Bonchev–Trinajstić information content (AvgIpc) is 2.87. The zero-order chi connectivity index (χ0) is 15.2. The van der Waals surface area contributed by atoms with Gasteiger partial charge in [-0.15, -0.1) is 0 Å². The summed E-state index contributed by atoms with van der Waals surface area (Å²) in [7, 11) is 2.19. The van der Waals surface area contributed by atoms with E-state index in [2.05, 4.69) is 48.3 Å². The van der Waals surface area contributed by atoms with Gasteiger partial charge in [-0.3, -0.25) is 0 Å². The topological polar surface area (TPSA) is 53.1 Å². The molecule has 2 N–H and O–H groups in total. The summed E-state index contributed by atoms with van der Waals surface area (Å²) in [6, 6.07) is 0. The zero-order valence-electron chi connectivity index (χ0n) is 13.9. The van der Waals surface area contributed by atoms with Crippen LogP contribution >= 0.6 is 0 Å². The molecule has 0 aromatic carbocycles. The van der Waals surface area contributed by atoms with Crippen molar-refractivity contribution in [2.75, 3.05) is 43.9 Å². The maximum absolute atomic E-state index is 4.71. The highest BCUT2D eigenvalue weighted by atomic mass is 15.1. The number of nitrogens with one attached hydrogen (secondary N) is 2. The molecule has 2 heterocycles. The third-order valence-electron chi connectivity index (χ3n) is 4.06. The third-order valence-corrected chi connectivity index (χ3v) is 4.06. The van der Waals surface area contributed by atoms with Gasteiger partial charge in [0.05, 0.1) is 0 Å². The molecule has 1 aliphatic rings. The number of anilines is 2. The Morgan fingerprint density at radius 3 is 2.48 bits per heavy atom. The summed E-state index contributed by atoms with van der Waals surface area (Å²) < 4.78 is 0. The first-order valence-electron chi connectivity index (χ1n) is 8.17. The van der Waals surface area contributed by atoms with Crippen LogP contribution in [0.15, 0.2) is 0 Å². The van der Waals surface area contributed by atoms with Gasteiger partial charge < -0.3 is 15.5 Å². The zero-order valence-corrected chi connectivity index (χ0v) is 13.9. The van der Waals surface area contributed by atoms with Gasteiger partial charge in [0.1, 0.15) is 17.5 Å². The summed E-state index contributed by atoms with van der Waals surface area (Å²) in [4.78, 5) is 11.7. The van der Waals surface area contributed by atoms with E-state index in [4.69, 9.17) is 4.98 Å². The van der Waals surface area contributed by atoms with Crippen LogP contribution in [0.4, 0.5) is 11.6 Å². The second-order valence-corrected chi connectivity index (χ2v) is 6.04.